The van der Waals surface area contributed by atoms with Gasteiger partial charge in [0.05, 0.1) is 17.0 Å². The maximum Gasteiger partial charge on any atom is 0.344 e. The highest BCUT2D eigenvalue weighted by Crippen LogP contribution is 2.24. The molecule has 1 heterocycles. The maximum atomic E-state index is 11.9. The Morgan fingerprint density at radius 2 is 1.77 bits per heavy atom. The number of nitrogens with one attached hydrogen (secondary N) is 1. The Morgan fingerprint density at radius 1 is 1.15 bits per heavy atom. The molecule has 0 aromatic heterocycles. The quantitative estimate of drug-likeness (QED) is 0.742. The minimum absolute atomic E-state index is 0.0483. The van der Waals surface area contributed by atoms with Gasteiger partial charge in [0.2, 0.25) is 0 Å². The summed E-state index contributed by atoms with van der Waals surface area (Å²) in [6.07, 6.45) is 0.351. The number of carbonyl (C=O) groups is 2. The van der Waals surface area contributed by atoms with Crippen LogP contribution in [0.3, 0.4) is 0 Å². The molecule has 0 aliphatic carbocycles. The molecule has 1 N–H and O–H groups in total. The lowest BCUT2D eigenvalue weighted by atomic mass is 10.0. The van der Waals surface area contributed by atoms with Crippen LogP contribution in [0, 0.1) is 20.8 Å². The van der Waals surface area contributed by atoms with Crippen molar-refractivity contribution in [2.24, 2.45) is 0 Å². The molecule has 0 saturated carbocycles. The maximum absolute atomic E-state index is 11.9. The van der Waals surface area contributed by atoms with Crippen LogP contribution in [0.5, 0.6) is 5.75 Å². The molecule has 7 nitrogen and oxygen atoms in total. The standard InChI is InChI=1S/C18H25NO6S/c1-12-7-13(2)17(14(3)8-12)25-10-16(21)24-9-15(20)19-18(4)5-6-26(22,23)11-18/h7-8H,5-6,9-11H2,1-4H3,(H,19,20)/t18-/m0/s1. The summed E-state index contributed by atoms with van der Waals surface area (Å²) in [6.45, 7) is 6.67. The van der Waals surface area contributed by atoms with Crippen molar-refractivity contribution in [2.75, 3.05) is 24.7 Å². The van der Waals surface area contributed by atoms with Gasteiger partial charge in [-0.2, -0.15) is 0 Å². The van der Waals surface area contributed by atoms with Crippen molar-refractivity contribution >= 4 is 21.7 Å². The van der Waals surface area contributed by atoms with Crippen LogP contribution in [0.4, 0.5) is 0 Å². The van der Waals surface area contributed by atoms with E-state index in [2.05, 4.69) is 5.32 Å². The second-order valence-electron chi connectivity index (χ2n) is 7.13. The van der Waals surface area contributed by atoms with Gasteiger partial charge in [0.25, 0.3) is 5.91 Å². The van der Waals surface area contributed by atoms with E-state index >= 15 is 0 Å². The van der Waals surface area contributed by atoms with E-state index in [1.165, 1.54) is 0 Å². The second-order valence-corrected chi connectivity index (χ2v) is 9.31. The van der Waals surface area contributed by atoms with E-state index in [9.17, 15) is 18.0 Å². The molecule has 0 radical (unpaired) electrons. The average Bonchev–Trinajstić information content (AvgIpc) is 2.77. The predicted molar refractivity (Wildman–Crippen MR) is 96.9 cm³/mol. The first-order valence-corrected chi connectivity index (χ1v) is 10.2. The van der Waals surface area contributed by atoms with Crippen molar-refractivity contribution in [1.29, 1.82) is 0 Å². The Labute approximate surface area is 154 Å². The van der Waals surface area contributed by atoms with Gasteiger partial charge in [-0.25, -0.2) is 13.2 Å². The van der Waals surface area contributed by atoms with E-state index in [0.29, 0.717) is 12.2 Å². The van der Waals surface area contributed by atoms with Crippen molar-refractivity contribution in [1.82, 2.24) is 5.32 Å². The van der Waals surface area contributed by atoms with Gasteiger partial charge < -0.3 is 14.8 Å². The number of sulfone groups is 1. The summed E-state index contributed by atoms with van der Waals surface area (Å²) >= 11 is 0. The van der Waals surface area contributed by atoms with Crippen molar-refractivity contribution in [3.05, 3.63) is 28.8 Å². The van der Waals surface area contributed by atoms with Crippen LogP contribution >= 0.6 is 0 Å². The summed E-state index contributed by atoms with van der Waals surface area (Å²) in [4.78, 5) is 23.7. The Morgan fingerprint density at radius 3 is 2.31 bits per heavy atom. The molecular weight excluding hydrogens is 358 g/mol. The van der Waals surface area contributed by atoms with E-state index in [-0.39, 0.29) is 18.1 Å². The van der Waals surface area contributed by atoms with E-state index in [1.54, 1.807) is 6.92 Å². The van der Waals surface area contributed by atoms with Crippen LogP contribution < -0.4 is 10.1 Å². The normalized spacial score (nSPS) is 21.2. The van der Waals surface area contributed by atoms with Gasteiger partial charge in [-0.15, -0.1) is 0 Å². The topological polar surface area (TPSA) is 98.8 Å². The Kier molecular flexibility index (Phi) is 5.95. The van der Waals surface area contributed by atoms with Gasteiger partial charge in [0.1, 0.15) is 5.75 Å². The van der Waals surface area contributed by atoms with Gasteiger partial charge in [-0.1, -0.05) is 17.7 Å². The molecule has 1 fully saturated rings. The molecule has 1 aliphatic rings. The summed E-state index contributed by atoms with van der Waals surface area (Å²) < 4.78 is 33.5. The van der Waals surface area contributed by atoms with Gasteiger partial charge in [0, 0.05) is 0 Å². The molecule has 1 saturated heterocycles. The number of carbonyl (C=O) groups excluding carboxylic acids is 2. The molecule has 1 aromatic carbocycles. The number of amides is 1. The number of hydrogen-bond donors (Lipinski definition) is 1. The summed E-state index contributed by atoms with van der Waals surface area (Å²) in [5.41, 5.74) is 2.13. The first-order valence-electron chi connectivity index (χ1n) is 8.37. The molecule has 1 amide bonds. The van der Waals surface area contributed by atoms with Crippen LogP contribution in [0.1, 0.15) is 30.0 Å². The van der Waals surface area contributed by atoms with E-state index in [4.69, 9.17) is 9.47 Å². The zero-order chi connectivity index (χ0) is 19.5. The second kappa shape index (κ2) is 7.65. The van der Waals surface area contributed by atoms with Gasteiger partial charge >= 0.3 is 5.97 Å². The number of esters is 1. The zero-order valence-electron chi connectivity index (χ0n) is 15.5. The third kappa shape index (κ3) is 5.45. The van der Waals surface area contributed by atoms with Crippen molar-refractivity contribution in [3.8, 4) is 5.75 Å². The van der Waals surface area contributed by atoms with E-state index < -0.39 is 33.9 Å². The first-order chi connectivity index (χ1) is 12.0. The number of ether oxygens (including phenoxy) is 2. The third-order valence-corrected chi connectivity index (χ3v) is 6.15. The molecule has 0 spiro atoms. The molecule has 8 heteroatoms. The Hall–Kier alpha value is -2.09. The van der Waals surface area contributed by atoms with Crippen LogP contribution in [0.25, 0.3) is 0 Å². The van der Waals surface area contributed by atoms with Crippen LogP contribution in [-0.2, 0) is 24.2 Å². The fraction of sp³-hybridized carbons (Fsp3) is 0.556. The predicted octanol–water partition coefficient (Wildman–Crippen LogP) is 1.23. The minimum Gasteiger partial charge on any atom is -0.481 e. The molecule has 1 aliphatic heterocycles. The molecular formula is C18H25NO6S. The number of rotatable bonds is 6. The Balaban J connectivity index is 1.79. The number of benzene rings is 1. The lowest BCUT2D eigenvalue weighted by molar-refractivity contribution is -0.150. The molecule has 0 unspecified atom stereocenters. The van der Waals surface area contributed by atoms with Gasteiger partial charge in [-0.3, -0.25) is 4.79 Å². The Bertz CT molecular complexity index is 794. The lowest BCUT2D eigenvalue weighted by Gasteiger charge is -2.23. The highest BCUT2D eigenvalue weighted by Gasteiger charge is 2.39. The third-order valence-electron chi connectivity index (χ3n) is 4.25. The number of hydrogen-bond acceptors (Lipinski definition) is 6. The van der Waals surface area contributed by atoms with Gasteiger partial charge in [0.15, 0.2) is 23.1 Å². The largest absolute Gasteiger partial charge is 0.481 e. The van der Waals surface area contributed by atoms with Crippen LogP contribution in [0.15, 0.2) is 12.1 Å². The lowest BCUT2D eigenvalue weighted by Crippen LogP contribution is -2.48. The zero-order valence-corrected chi connectivity index (χ0v) is 16.4. The minimum atomic E-state index is -3.12. The molecule has 2 rings (SSSR count). The highest BCUT2D eigenvalue weighted by atomic mass is 32.2. The fourth-order valence-corrected chi connectivity index (χ4v) is 5.29. The monoisotopic (exact) mass is 383 g/mol. The van der Waals surface area contributed by atoms with Crippen molar-refractivity contribution in [3.63, 3.8) is 0 Å². The van der Waals surface area contributed by atoms with Crippen LogP contribution in [-0.4, -0.2) is 50.6 Å². The van der Waals surface area contributed by atoms with Crippen molar-refractivity contribution in [2.45, 2.75) is 39.7 Å². The number of aryl methyl sites for hydroxylation is 3. The summed E-state index contributed by atoms with van der Waals surface area (Å²) in [6, 6.07) is 3.91. The SMILES string of the molecule is Cc1cc(C)c(OCC(=O)OCC(=O)N[C@@]2(C)CCS(=O)(=O)C2)c(C)c1. The smallest absolute Gasteiger partial charge is 0.344 e. The van der Waals surface area contributed by atoms with Gasteiger partial charge in [-0.05, 0) is 45.2 Å². The molecule has 144 valence electrons. The highest BCUT2D eigenvalue weighted by molar-refractivity contribution is 7.91. The van der Waals surface area contributed by atoms with Crippen molar-refractivity contribution < 1.29 is 27.5 Å². The van der Waals surface area contributed by atoms with E-state index in [1.807, 2.05) is 32.9 Å². The summed E-state index contributed by atoms with van der Waals surface area (Å²) in [5.74, 6) is -0.619. The fourth-order valence-electron chi connectivity index (χ4n) is 3.19. The summed E-state index contributed by atoms with van der Waals surface area (Å²) in [5, 5.41) is 2.63. The molecule has 1 atom stereocenters. The molecule has 1 aromatic rings. The van der Waals surface area contributed by atoms with Crippen LogP contribution in [0.2, 0.25) is 0 Å². The van der Waals surface area contributed by atoms with E-state index in [0.717, 1.165) is 16.7 Å². The molecule has 0 bridgehead atoms. The average molecular weight is 383 g/mol. The first kappa shape index (κ1) is 20.2. The molecule has 26 heavy (non-hydrogen) atoms. The summed E-state index contributed by atoms with van der Waals surface area (Å²) in [7, 11) is -3.12.